The number of pyridine rings is 2. The van der Waals surface area contributed by atoms with E-state index in [1.165, 1.54) is 6.20 Å². The van der Waals surface area contributed by atoms with E-state index in [9.17, 15) is 0 Å². The fourth-order valence-electron chi connectivity index (χ4n) is 1.64. The van der Waals surface area contributed by atoms with E-state index in [-0.39, 0.29) is 6.10 Å². The summed E-state index contributed by atoms with van der Waals surface area (Å²) in [5, 5.41) is 11.9. The zero-order chi connectivity index (χ0) is 14.4. The van der Waals surface area contributed by atoms with Crippen molar-refractivity contribution in [3.8, 4) is 11.9 Å². The molecule has 20 heavy (non-hydrogen) atoms. The number of ether oxygens (including phenoxy) is 1. The highest BCUT2D eigenvalue weighted by atomic mass is 16.5. The number of hydrogen-bond donors (Lipinski definition) is 1. The van der Waals surface area contributed by atoms with Gasteiger partial charge in [0, 0.05) is 24.5 Å². The molecule has 0 amide bonds. The molecule has 0 bridgehead atoms. The first-order chi connectivity index (χ1) is 9.69. The molecule has 1 N–H and O–H groups in total. The topological polar surface area (TPSA) is 70.8 Å². The zero-order valence-electron chi connectivity index (χ0n) is 11.5. The maximum absolute atomic E-state index is 8.72. The SMILES string of the molecule is CC(C)Oc1ncccc1CNc1ccc(C#N)cn1. The monoisotopic (exact) mass is 268 g/mol. The molecule has 5 nitrogen and oxygen atoms in total. The number of aromatic nitrogens is 2. The Labute approximate surface area is 118 Å². The molecular formula is C15H16N4O. The Morgan fingerprint density at radius 1 is 1.30 bits per heavy atom. The second-order valence-corrected chi connectivity index (χ2v) is 4.53. The van der Waals surface area contributed by atoms with Crippen molar-refractivity contribution in [1.82, 2.24) is 9.97 Å². The van der Waals surface area contributed by atoms with Gasteiger partial charge in [-0.15, -0.1) is 0 Å². The molecule has 2 rings (SSSR count). The molecule has 0 spiro atoms. The fraction of sp³-hybridized carbons (Fsp3) is 0.267. The maximum Gasteiger partial charge on any atom is 0.218 e. The molecule has 0 aliphatic rings. The fourth-order valence-corrected chi connectivity index (χ4v) is 1.64. The molecule has 5 heteroatoms. The lowest BCUT2D eigenvalue weighted by Crippen LogP contribution is -2.11. The lowest BCUT2D eigenvalue weighted by molar-refractivity contribution is 0.230. The minimum Gasteiger partial charge on any atom is -0.475 e. The molecule has 0 saturated heterocycles. The summed E-state index contributed by atoms with van der Waals surface area (Å²) in [4.78, 5) is 8.39. The van der Waals surface area contributed by atoms with E-state index in [0.717, 1.165) is 5.56 Å². The normalized spacial score (nSPS) is 10.1. The highest BCUT2D eigenvalue weighted by Gasteiger charge is 2.06. The lowest BCUT2D eigenvalue weighted by atomic mass is 10.2. The number of rotatable bonds is 5. The molecule has 2 heterocycles. The Morgan fingerprint density at radius 3 is 2.80 bits per heavy atom. The number of anilines is 1. The van der Waals surface area contributed by atoms with Crippen LogP contribution >= 0.6 is 0 Å². The molecule has 2 aromatic heterocycles. The molecule has 0 aliphatic heterocycles. The molecule has 102 valence electrons. The Kier molecular flexibility index (Phi) is 4.51. The Bertz CT molecular complexity index is 602. The van der Waals surface area contributed by atoms with Crippen LogP contribution in [0.15, 0.2) is 36.7 Å². The van der Waals surface area contributed by atoms with E-state index in [0.29, 0.717) is 23.8 Å². The second-order valence-electron chi connectivity index (χ2n) is 4.53. The maximum atomic E-state index is 8.72. The Balaban J connectivity index is 2.04. The quantitative estimate of drug-likeness (QED) is 0.902. The van der Waals surface area contributed by atoms with Gasteiger partial charge in [0.05, 0.1) is 11.7 Å². The molecule has 0 radical (unpaired) electrons. The van der Waals surface area contributed by atoms with Crippen molar-refractivity contribution in [2.45, 2.75) is 26.5 Å². The van der Waals surface area contributed by atoms with Crippen molar-refractivity contribution in [3.63, 3.8) is 0 Å². The van der Waals surface area contributed by atoms with E-state index >= 15 is 0 Å². The van der Waals surface area contributed by atoms with Crippen molar-refractivity contribution in [1.29, 1.82) is 5.26 Å². The van der Waals surface area contributed by atoms with Gasteiger partial charge in [0.2, 0.25) is 5.88 Å². The van der Waals surface area contributed by atoms with Gasteiger partial charge in [-0.2, -0.15) is 5.26 Å². The van der Waals surface area contributed by atoms with Crippen molar-refractivity contribution in [2.75, 3.05) is 5.32 Å². The van der Waals surface area contributed by atoms with E-state index in [1.807, 2.05) is 32.0 Å². The van der Waals surface area contributed by atoms with Crippen LogP contribution in [0.3, 0.4) is 0 Å². The Morgan fingerprint density at radius 2 is 2.15 bits per heavy atom. The molecule has 0 fully saturated rings. The van der Waals surface area contributed by atoms with Crippen LogP contribution in [0.5, 0.6) is 5.88 Å². The smallest absolute Gasteiger partial charge is 0.218 e. The summed E-state index contributed by atoms with van der Waals surface area (Å²) in [6, 6.07) is 9.37. The molecule has 0 aliphatic carbocycles. The third-order valence-corrected chi connectivity index (χ3v) is 2.55. The van der Waals surface area contributed by atoms with Crippen LogP contribution in [-0.4, -0.2) is 16.1 Å². The van der Waals surface area contributed by atoms with Crippen LogP contribution in [0.2, 0.25) is 0 Å². The average molecular weight is 268 g/mol. The zero-order valence-corrected chi connectivity index (χ0v) is 11.5. The molecule has 0 aromatic carbocycles. The van der Waals surface area contributed by atoms with Crippen LogP contribution in [-0.2, 0) is 6.54 Å². The van der Waals surface area contributed by atoms with Gasteiger partial charge >= 0.3 is 0 Å². The third kappa shape index (κ3) is 3.69. The predicted molar refractivity (Wildman–Crippen MR) is 76.3 cm³/mol. The minimum atomic E-state index is 0.0803. The number of nitrogens with one attached hydrogen (secondary N) is 1. The van der Waals surface area contributed by atoms with Gasteiger partial charge in [0.1, 0.15) is 11.9 Å². The van der Waals surface area contributed by atoms with Crippen LogP contribution in [0.1, 0.15) is 25.0 Å². The van der Waals surface area contributed by atoms with E-state index < -0.39 is 0 Å². The van der Waals surface area contributed by atoms with Gasteiger partial charge in [-0.3, -0.25) is 0 Å². The number of nitriles is 1. The highest BCUT2D eigenvalue weighted by molar-refractivity contribution is 5.40. The van der Waals surface area contributed by atoms with E-state index in [1.54, 1.807) is 18.3 Å². The number of nitrogens with zero attached hydrogens (tertiary/aromatic N) is 3. The lowest BCUT2D eigenvalue weighted by Gasteiger charge is -2.13. The summed E-state index contributed by atoms with van der Waals surface area (Å²) in [6.07, 6.45) is 3.33. The molecule has 0 atom stereocenters. The Hall–Kier alpha value is -2.61. The van der Waals surface area contributed by atoms with E-state index in [4.69, 9.17) is 10.00 Å². The summed E-state index contributed by atoms with van der Waals surface area (Å²) in [5.41, 5.74) is 1.51. The first-order valence-corrected chi connectivity index (χ1v) is 6.39. The molecule has 2 aromatic rings. The van der Waals surface area contributed by atoms with Crippen LogP contribution in [0.4, 0.5) is 5.82 Å². The summed E-state index contributed by atoms with van der Waals surface area (Å²) in [5.74, 6) is 1.34. The minimum absolute atomic E-state index is 0.0803. The van der Waals surface area contributed by atoms with Gasteiger partial charge in [0.25, 0.3) is 0 Å². The summed E-state index contributed by atoms with van der Waals surface area (Å²) in [7, 11) is 0. The van der Waals surface area contributed by atoms with Gasteiger partial charge < -0.3 is 10.1 Å². The van der Waals surface area contributed by atoms with Crippen LogP contribution in [0, 0.1) is 11.3 Å². The van der Waals surface area contributed by atoms with Crippen LogP contribution in [0.25, 0.3) is 0 Å². The van der Waals surface area contributed by atoms with Gasteiger partial charge in [-0.05, 0) is 32.0 Å². The molecular weight excluding hydrogens is 252 g/mol. The van der Waals surface area contributed by atoms with Gasteiger partial charge in [-0.1, -0.05) is 6.07 Å². The second kappa shape index (κ2) is 6.53. The predicted octanol–water partition coefficient (Wildman–Crippen LogP) is 2.75. The standard InChI is InChI=1S/C15H16N4O/c1-11(2)20-15-13(4-3-7-17-15)10-19-14-6-5-12(8-16)9-18-14/h3-7,9,11H,10H2,1-2H3,(H,18,19). The van der Waals surface area contributed by atoms with Crippen molar-refractivity contribution >= 4 is 5.82 Å². The largest absolute Gasteiger partial charge is 0.475 e. The van der Waals surface area contributed by atoms with E-state index in [2.05, 4.69) is 15.3 Å². The summed E-state index contributed by atoms with van der Waals surface area (Å²) in [6.45, 7) is 4.50. The number of hydrogen-bond acceptors (Lipinski definition) is 5. The molecule has 0 saturated carbocycles. The van der Waals surface area contributed by atoms with Gasteiger partial charge in [-0.25, -0.2) is 9.97 Å². The molecule has 0 unspecified atom stereocenters. The van der Waals surface area contributed by atoms with Crippen molar-refractivity contribution < 1.29 is 4.74 Å². The average Bonchev–Trinajstić information content (AvgIpc) is 2.46. The van der Waals surface area contributed by atoms with Crippen molar-refractivity contribution in [2.24, 2.45) is 0 Å². The van der Waals surface area contributed by atoms with Gasteiger partial charge in [0.15, 0.2) is 0 Å². The summed E-state index contributed by atoms with van der Waals surface area (Å²) >= 11 is 0. The highest BCUT2D eigenvalue weighted by Crippen LogP contribution is 2.17. The summed E-state index contributed by atoms with van der Waals surface area (Å²) < 4.78 is 5.66. The van der Waals surface area contributed by atoms with Crippen LogP contribution < -0.4 is 10.1 Å². The van der Waals surface area contributed by atoms with Crippen molar-refractivity contribution in [3.05, 3.63) is 47.8 Å². The first-order valence-electron chi connectivity index (χ1n) is 6.39. The first kappa shape index (κ1) is 13.8. The third-order valence-electron chi connectivity index (χ3n) is 2.55.